The Hall–Kier alpha value is -5.09. The second-order valence-corrected chi connectivity index (χ2v) is 8.61. The molecular weight excluding hydrogens is 456 g/mol. The van der Waals surface area contributed by atoms with Gasteiger partial charge >= 0.3 is 0 Å². The van der Waals surface area contributed by atoms with E-state index in [2.05, 4.69) is 53.6 Å². The minimum absolute atomic E-state index is 0.699. The minimum atomic E-state index is 0.699. The lowest BCUT2D eigenvalue weighted by molar-refractivity contribution is 0.460. The van der Waals surface area contributed by atoms with Crippen LogP contribution in [0.5, 0.6) is 23.0 Å². The van der Waals surface area contributed by atoms with Crippen molar-refractivity contribution >= 4 is 0 Å². The molecule has 0 aliphatic rings. The predicted molar refractivity (Wildman–Crippen MR) is 147 cm³/mol. The molecule has 37 heavy (non-hydrogen) atoms. The van der Waals surface area contributed by atoms with E-state index in [4.69, 9.17) is 9.47 Å². The standard InChI is InChI=1S/C33H24N2O2/c1-3-9-25(10-4-1)26-17-19-27(20-18-26)28-23-34-35(24-28)29-11-7-14-31(21-29)37-33-16-8-15-32(22-33)36-30-12-5-2-6-13-30/h1-24H. The Morgan fingerprint density at radius 1 is 0.432 bits per heavy atom. The van der Waals surface area contributed by atoms with Gasteiger partial charge in [0.15, 0.2) is 0 Å². The van der Waals surface area contributed by atoms with Crippen molar-refractivity contribution in [2.24, 2.45) is 0 Å². The summed E-state index contributed by atoms with van der Waals surface area (Å²) < 4.78 is 13.9. The van der Waals surface area contributed by atoms with Crippen molar-refractivity contribution in [3.05, 3.63) is 146 Å². The van der Waals surface area contributed by atoms with Gasteiger partial charge in [0.05, 0.1) is 11.9 Å². The molecule has 0 spiro atoms. The van der Waals surface area contributed by atoms with Gasteiger partial charge in [0, 0.05) is 23.9 Å². The topological polar surface area (TPSA) is 36.3 Å². The number of hydrogen-bond donors (Lipinski definition) is 0. The molecule has 6 rings (SSSR count). The first kappa shape index (κ1) is 22.4. The smallest absolute Gasteiger partial charge is 0.131 e. The van der Waals surface area contributed by atoms with Crippen molar-refractivity contribution in [2.75, 3.05) is 0 Å². The number of ether oxygens (including phenoxy) is 2. The van der Waals surface area contributed by atoms with Crippen molar-refractivity contribution in [3.63, 3.8) is 0 Å². The lowest BCUT2D eigenvalue weighted by atomic mass is 10.0. The second-order valence-electron chi connectivity index (χ2n) is 8.61. The Labute approximate surface area is 216 Å². The molecule has 4 heteroatoms. The van der Waals surface area contributed by atoms with E-state index < -0.39 is 0 Å². The fourth-order valence-electron chi connectivity index (χ4n) is 4.15. The monoisotopic (exact) mass is 480 g/mol. The van der Waals surface area contributed by atoms with Gasteiger partial charge < -0.3 is 9.47 Å². The largest absolute Gasteiger partial charge is 0.457 e. The highest BCUT2D eigenvalue weighted by Gasteiger charge is 2.07. The molecule has 0 aliphatic carbocycles. The van der Waals surface area contributed by atoms with Crippen molar-refractivity contribution in [3.8, 4) is 50.9 Å². The molecule has 6 aromatic rings. The summed E-state index contributed by atoms with van der Waals surface area (Å²) in [5.41, 5.74) is 5.49. The van der Waals surface area contributed by atoms with E-state index in [-0.39, 0.29) is 0 Å². The van der Waals surface area contributed by atoms with Crippen LogP contribution in [0, 0.1) is 0 Å². The van der Waals surface area contributed by atoms with Crippen molar-refractivity contribution in [2.45, 2.75) is 0 Å². The van der Waals surface area contributed by atoms with Crippen molar-refractivity contribution < 1.29 is 9.47 Å². The molecule has 1 aromatic heterocycles. The third-order valence-electron chi connectivity index (χ3n) is 6.01. The van der Waals surface area contributed by atoms with Crippen LogP contribution >= 0.6 is 0 Å². The first-order valence-corrected chi connectivity index (χ1v) is 12.1. The molecular formula is C33H24N2O2. The van der Waals surface area contributed by atoms with E-state index >= 15 is 0 Å². The van der Waals surface area contributed by atoms with E-state index in [1.165, 1.54) is 11.1 Å². The summed E-state index contributed by atoms with van der Waals surface area (Å²) >= 11 is 0. The van der Waals surface area contributed by atoms with E-state index in [0.717, 1.165) is 34.1 Å². The highest BCUT2D eigenvalue weighted by Crippen LogP contribution is 2.30. The SMILES string of the molecule is c1ccc(Oc2cccc(Oc3cccc(-n4cc(-c5ccc(-c6ccccc6)cc5)cn4)c3)c2)cc1. The molecule has 0 radical (unpaired) electrons. The number of aromatic nitrogens is 2. The summed E-state index contributed by atoms with van der Waals surface area (Å²) in [5, 5.41) is 4.59. The van der Waals surface area contributed by atoms with Gasteiger partial charge in [-0.1, -0.05) is 84.9 Å². The van der Waals surface area contributed by atoms with Crippen LogP contribution in [0.1, 0.15) is 0 Å². The summed E-state index contributed by atoms with van der Waals surface area (Å²) in [6, 6.07) is 44.1. The van der Waals surface area contributed by atoms with E-state index in [1.54, 1.807) is 0 Å². The Bertz CT molecular complexity index is 1610. The normalized spacial score (nSPS) is 10.7. The Morgan fingerprint density at radius 3 is 1.65 bits per heavy atom. The molecule has 0 aliphatic heterocycles. The molecule has 0 fully saturated rings. The van der Waals surface area contributed by atoms with Gasteiger partial charge in [-0.05, 0) is 53.1 Å². The van der Waals surface area contributed by atoms with E-state index in [0.29, 0.717) is 5.75 Å². The number of benzene rings is 5. The van der Waals surface area contributed by atoms with Gasteiger partial charge in [-0.15, -0.1) is 0 Å². The molecule has 0 N–H and O–H groups in total. The lowest BCUT2D eigenvalue weighted by Crippen LogP contribution is -1.94. The minimum Gasteiger partial charge on any atom is -0.457 e. The van der Waals surface area contributed by atoms with Crippen LogP contribution in [0.4, 0.5) is 0 Å². The molecule has 178 valence electrons. The quantitative estimate of drug-likeness (QED) is 0.229. The van der Waals surface area contributed by atoms with Crippen LogP contribution in [0.3, 0.4) is 0 Å². The molecule has 0 saturated heterocycles. The van der Waals surface area contributed by atoms with E-state index in [9.17, 15) is 0 Å². The number of nitrogens with zero attached hydrogens (tertiary/aromatic N) is 2. The zero-order valence-corrected chi connectivity index (χ0v) is 20.1. The molecule has 0 amide bonds. The molecule has 0 atom stereocenters. The maximum atomic E-state index is 6.14. The van der Waals surface area contributed by atoms with Gasteiger partial charge in [0.25, 0.3) is 0 Å². The van der Waals surface area contributed by atoms with Gasteiger partial charge in [-0.25, -0.2) is 4.68 Å². The maximum Gasteiger partial charge on any atom is 0.131 e. The van der Waals surface area contributed by atoms with Gasteiger partial charge in [-0.3, -0.25) is 0 Å². The molecule has 0 unspecified atom stereocenters. The maximum absolute atomic E-state index is 6.14. The first-order chi connectivity index (χ1) is 18.3. The van der Waals surface area contributed by atoms with Crippen LogP contribution in [0.25, 0.3) is 27.9 Å². The molecule has 0 bridgehead atoms. The fourth-order valence-corrected chi connectivity index (χ4v) is 4.15. The highest BCUT2D eigenvalue weighted by molar-refractivity contribution is 5.70. The van der Waals surface area contributed by atoms with E-state index in [1.807, 2.05) is 102 Å². The summed E-state index contributed by atoms with van der Waals surface area (Å²) in [5.74, 6) is 2.92. The number of hydrogen-bond acceptors (Lipinski definition) is 3. The first-order valence-electron chi connectivity index (χ1n) is 12.1. The number of rotatable bonds is 7. The van der Waals surface area contributed by atoms with Crippen LogP contribution in [-0.4, -0.2) is 9.78 Å². The molecule has 4 nitrogen and oxygen atoms in total. The fraction of sp³-hybridized carbons (Fsp3) is 0. The summed E-state index contributed by atoms with van der Waals surface area (Å²) in [4.78, 5) is 0. The summed E-state index contributed by atoms with van der Waals surface area (Å²) in [7, 11) is 0. The van der Waals surface area contributed by atoms with Crippen LogP contribution in [0.15, 0.2) is 146 Å². The van der Waals surface area contributed by atoms with Gasteiger partial charge in [-0.2, -0.15) is 5.10 Å². The van der Waals surface area contributed by atoms with Crippen molar-refractivity contribution in [1.29, 1.82) is 0 Å². The third kappa shape index (κ3) is 5.29. The van der Waals surface area contributed by atoms with Gasteiger partial charge in [0.1, 0.15) is 23.0 Å². The average molecular weight is 481 g/mol. The average Bonchev–Trinajstić information content (AvgIpc) is 3.45. The van der Waals surface area contributed by atoms with Crippen LogP contribution in [-0.2, 0) is 0 Å². The molecule has 1 heterocycles. The zero-order chi connectivity index (χ0) is 24.9. The second kappa shape index (κ2) is 10.3. The lowest BCUT2D eigenvalue weighted by Gasteiger charge is -2.10. The summed E-state index contributed by atoms with van der Waals surface area (Å²) in [6.45, 7) is 0. The van der Waals surface area contributed by atoms with Crippen LogP contribution in [0.2, 0.25) is 0 Å². The Kier molecular flexibility index (Phi) is 6.21. The Morgan fingerprint density at radius 2 is 0.946 bits per heavy atom. The molecule has 5 aromatic carbocycles. The van der Waals surface area contributed by atoms with Crippen molar-refractivity contribution in [1.82, 2.24) is 9.78 Å². The van der Waals surface area contributed by atoms with Gasteiger partial charge in [0.2, 0.25) is 0 Å². The predicted octanol–water partition coefficient (Wildman–Crippen LogP) is 8.79. The van der Waals surface area contributed by atoms with Crippen LogP contribution < -0.4 is 9.47 Å². The molecule has 0 saturated carbocycles. The highest BCUT2D eigenvalue weighted by atomic mass is 16.5. The number of para-hydroxylation sites is 1. The Balaban J connectivity index is 1.18. The zero-order valence-electron chi connectivity index (χ0n) is 20.1. The third-order valence-corrected chi connectivity index (χ3v) is 6.01. The summed E-state index contributed by atoms with van der Waals surface area (Å²) in [6.07, 6.45) is 3.92.